The normalized spacial score (nSPS) is 17.6. The third-order valence-corrected chi connectivity index (χ3v) is 3.55. The number of ether oxygens (including phenoxy) is 1. The van der Waals surface area contributed by atoms with Gasteiger partial charge >= 0.3 is 0 Å². The number of aldehydes is 1. The maximum atomic E-state index is 11.0. The van der Waals surface area contributed by atoms with Gasteiger partial charge in [0.25, 0.3) is 0 Å². The van der Waals surface area contributed by atoms with Gasteiger partial charge in [-0.05, 0) is 43.7 Å². The Morgan fingerprint density at radius 3 is 2.45 bits per heavy atom. The number of hydrogen-bond donors (Lipinski definition) is 0. The molecule has 0 atom stereocenters. The Labute approximate surface area is 118 Å². The molecule has 0 saturated carbocycles. The Morgan fingerprint density at radius 1 is 1.00 bits per heavy atom. The number of carbonyl (C=O) groups excluding carboxylic acids is 1. The Bertz CT molecular complexity index is 682. The summed E-state index contributed by atoms with van der Waals surface area (Å²) in [5.41, 5.74) is 3.51. The van der Waals surface area contributed by atoms with Gasteiger partial charge in [0, 0.05) is 16.7 Å². The van der Waals surface area contributed by atoms with Crippen molar-refractivity contribution in [2.24, 2.45) is 0 Å². The zero-order valence-electron chi connectivity index (χ0n) is 11.6. The molecule has 1 aliphatic rings. The summed E-state index contributed by atoms with van der Waals surface area (Å²) in [6.45, 7) is 4.09. The summed E-state index contributed by atoms with van der Waals surface area (Å²) in [5.74, 6) is 0.836. The summed E-state index contributed by atoms with van der Waals surface area (Å²) in [7, 11) is 0. The van der Waals surface area contributed by atoms with Gasteiger partial charge < -0.3 is 4.74 Å². The fourth-order valence-corrected chi connectivity index (χ4v) is 2.54. The lowest BCUT2D eigenvalue weighted by Gasteiger charge is -2.20. The molecule has 0 amide bonds. The number of benzene rings is 2. The van der Waals surface area contributed by atoms with Gasteiger partial charge in [-0.1, -0.05) is 30.3 Å². The Hall–Kier alpha value is -2.35. The van der Waals surface area contributed by atoms with E-state index in [0.717, 1.165) is 28.7 Å². The second-order valence-electron chi connectivity index (χ2n) is 5.45. The molecule has 0 bridgehead atoms. The molecule has 1 heterocycles. The van der Waals surface area contributed by atoms with Crippen LogP contribution in [0, 0.1) is 0 Å². The molecule has 2 aromatic rings. The van der Waals surface area contributed by atoms with Crippen LogP contribution in [-0.2, 0) is 0 Å². The minimum absolute atomic E-state index is 0.389. The van der Waals surface area contributed by atoms with Crippen LogP contribution < -0.4 is 4.74 Å². The molecule has 0 spiro atoms. The zero-order valence-corrected chi connectivity index (χ0v) is 11.6. The molecule has 3 rings (SSSR count). The molecule has 20 heavy (non-hydrogen) atoms. The van der Waals surface area contributed by atoms with Crippen LogP contribution in [0.15, 0.2) is 48.5 Å². The molecule has 0 saturated heterocycles. The Kier molecular flexibility index (Phi) is 2.94. The van der Waals surface area contributed by atoms with Gasteiger partial charge in [0.05, 0.1) is 0 Å². The number of hydrogen-bond acceptors (Lipinski definition) is 2. The minimum atomic E-state index is -0.389. The Morgan fingerprint density at radius 2 is 1.75 bits per heavy atom. The third-order valence-electron chi connectivity index (χ3n) is 3.55. The molecular weight excluding hydrogens is 248 g/mol. The van der Waals surface area contributed by atoms with E-state index in [1.807, 2.05) is 44.2 Å². The van der Waals surface area contributed by atoms with E-state index in [1.165, 1.54) is 0 Å². The van der Waals surface area contributed by atoms with Gasteiger partial charge in [0.1, 0.15) is 17.6 Å². The first-order chi connectivity index (χ1) is 9.60. The van der Waals surface area contributed by atoms with Crippen molar-refractivity contribution in [1.82, 2.24) is 0 Å². The van der Waals surface area contributed by atoms with Crippen LogP contribution in [0.4, 0.5) is 0 Å². The van der Waals surface area contributed by atoms with Crippen LogP contribution in [0.5, 0.6) is 5.75 Å². The van der Waals surface area contributed by atoms with Gasteiger partial charge in [-0.25, -0.2) is 0 Å². The fourth-order valence-electron chi connectivity index (χ4n) is 2.54. The highest BCUT2D eigenvalue weighted by molar-refractivity contribution is 5.92. The summed E-state index contributed by atoms with van der Waals surface area (Å²) in [6.07, 6.45) is 2.99. The van der Waals surface area contributed by atoms with E-state index in [9.17, 15) is 4.79 Å². The topological polar surface area (TPSA) is 26.3 Å². The first-order valence-electron chi connectivity index (χ1n) is 6.66. The summed E-state index contributed by atoms with van der Waals surface area (Å²) in [5, 5.41) is 0. The maximum absolute atomic E-state index is 11.0. The molecule has 0 unspecified atom stereocenters. The summed E-state index contributed by atoms with van der Waals surface area (Å²) in [4.78, 5) is 11.0. The van der Waals surface area contributed by atoms with E-state index in [2.05, 4.69) is 18.2 Å². The highest BCUT2D eigenvalue weighted by Crippen LogP contribution is 2.44. The fraction of sp³-hybridized carbons (Fsp3) is 0.167. The quantitative estimate of drug-likeness (QED) is 0.759. The zero-order chi connectivity index (χ0) is 14.2. The van der Waals surface area contributed by atoms with Crippen molar-refractivity contribution >= 4 is 17.9 Å². The third kappa shape index (κ3) is 2.14. The molecule has 0 N–H and O–H groups in total. The second-order valence-corrected chi connectivity index (χ2v) is 5.45. The highest BCUT2D eigenvalue weighted by Gasteiger charge is 2.35. The SMILES string of the molecule is CC1(C)Oc2ccc(C=O)cc2/C1=C\c1ccccc1. The summed E-state index contributed by atoms with van der Waals surface area (Å²) < 4.78 is 5.99. The lowest BCUT2D eigenvalue weighted by atomic mass is 9.91. The van der Waals surface area contributed by atoms with Gasteiger partial charge in [-0.2, -0.15) is 0 Å². The van der Waals surface area contributed by atoms with Crippen LogP contribution in [0.3, 0.4) is 0 Å². The van der Waals surface area contributed by atoms with Crippen molar-refractivity contribution in [3.05, 3.63) is 65.2 Å². The number of fused-ring (bicyclic) bond motifs is 1. The van der Waals surface area contributed by atoms with E-state index in [0.29, 0.717) is 5.56 Å². The average molecular weight is 264 g/mol. The van der Waals surface area contributed by atoms with Crippen molar-refractivity contribution in [1.29, 1.82) is 0 Å². The van der Waals surface area contributed by atoms with Crippen LogP contribution in [0.2, 0.25) is 0 Å². The molecule has 2 aromatic carbocycles. The van der Waals surface area contributed by atoms with Gasteiger partial charge in [0.15, 0.2) is 0 Å². The highest BCUT2D eigenvalue weighted by atomic mass is 16.5. The van der Waals surface area contributed by atoms with E-state index < -0.39 is 0 Å². The number of carbonyl (C=O) groups is 1. The molecule has 2 heteroatoms. The van der Waals surface area contributed by atoms with E-state index in [-0.39, 0.29) is 5.60 Å². The lowest BCUT2D eigenvalue weighted by Crippen LogP contribution is -2.23. The first kappa shape index (κ1) is 12.7. The van der Waals surface area contributed by atoms with Gasteiger partial charge in [-0.15, -0.1) is 0 Å². The van der Waals surface area contributed by atoms with Crippen LogP contribution in [-0.4, -0.2) is 11.9 Å². The van der Waals surface area contributed by atoms with Crippen molar-refractivity contribution in [2.45, 2.75) is 19.4 Å². The average Bonchev–Trinajstić information content (AvgIpc) is 2.70. The van der Waals surface area contributed by atoms with Crippen molar-refractivity contribution in [2.75, 3.05) is 0 Å². The van der Waals surface area contributed by atoms with E-state index in [1.54, 1.807) is 6.07 Å². The monoisotopic (exact) mass is 264 g/mol. The van der Waals surface area contributed by atoms with Crippen molar-refractivity contribution in [3.63, 3.8) is 0 Å². The summed E-state index contributed by atoms with van der Waals surface area (Å²) >= 11 is 0. The van der Waals surface area contributed by atoms with Gasteiger partial charge in [-0.3, -0.25) is 4.79 Å². The summed E-state index contributed by atoms with van der Waals surface area (Å²) in [6, 6.07) is 15.7. The lowest BCUT2D eigenvalue weighted by molar-refractivity contribution is 0.112. The number of rotatable bonds is 2. The first-order valence-corrected chi connectivity index (χ1v) is 6.66. The van der Waals surface area contributed by atoms with Crippen LogP contribution >= 0.6 is 0 Å². The van der Waals surface area contributed by atoms with E-state index in [4.69, 9.17) is 4.74 Å². The molecule has 0 radical (unpaired) electrons. The predicted octanol–water partition coefficient (Wildman–Crippen LogP) is 4.21. The molecule has 2 nitrogen and oxygen atoms in total. The smallest absolute Gasteiger partial charge is 0.150 e. The standard InChI is InChI=1S/C18H16O2/c1-18(2)16(11-13-6-4-3-5-7-13)15-10-14(12-19)8-9-17(15)20-18/h3-12H,1-2H3/b16-11+. The van der Waals surface area contributed by atoms with Crippen molar-refractivity contribution in [3.8, 4) is 5.75 Å². The minimum Gasteiger partial charge on any atom is -0.483 e. The maximum Gasteiger partial charge on any atom is 0.150 e. The molecule has 1 aliphatic heterocycles. The second kappa shape index (κ2) is 4.64. The molecule has 0 fully saturated rings. The van der Waals surface area contributed by atoms with Crippen LogP contribution in [0.25, 0.3) is 11.6 Å². The Balaban J connectivity index is 2.15. The van der Waals surface area contributed by atoms with Crippen molar-refractivity contribution < 1.29 is 9.53 Å². The molecular formula is C18H16O2. The van der Waals surface area contributed by atoms with Crippen LogP contribution in [0.1, 0.15) is 35.3 Å². The predicted molar refractivity (Wildman–Crippen MR) is 80.8 cm³/mol. The largest absolute Gasteiger partial charge is 0.483 e. The molecule has 0 aromatic heterocycles. The molecule has 0 aliphatic carbocycles. The molecule has 100 valence electrons. The van der Waals surface area contributed by atoms with Gasteiger partial charge in [0.2, 0.25) is 0 Å². The van der Waals surface area contributed by atoms with E-state index >= 15 is 0 Å².